The third-order valence-corrected chi connectivity index (χ3v) is 14.1. The molecule has 1 atom stereocenters. The molecule has 6 heteroatoms. The number of esters is 3. The Bertz CT molecular complexity index is 1510. The van der Waals surface area contributed by atoms with Crippen LogP contribution in [0, 0.1) is 0 Å². The molecule has 0 heterocycles. The van der Waals surface area contributed by atoms with Crippen LogP contribution >= 0.6 is 0 Å². The lowest BCUT2D eigenvalue weighted by atomic mass is 10.0. The molecule has 0 aromatic rings. The number of ether oxygens (including phenoxy) is 3. The van der Waals surface area contributed by atoms with Gasteiger partial charge in [-0.25, -0.2) is 0 Å². The predicted octanol–water partition coefficient (Wildman–Crippen LogP) is 22.4. The number of hydrogen-bond acceptors (Lipinski definition) is 6. The first-order chi connectivity index (χ1) is 38.0. The Morgan fingerprint density at radius 1 is 0.273 bits per heavy atom. The highest BCUT2D eigenvalue weighted by molar-refractivity contribution is 5.71. The summed E-state index contributed by atoms with van der Waals surface area (Å²) >= 11 is 0. The van der Waals surface area contributed by atoms with Gasteiger partial charge in [0.2, 0.25) is 0 Å². The fourth-order valence-electron chi connectivity index (χ4n) is 9.25. The largest absolute Gasteiger partial charge is 0.462 e. The smallest absolute Gasteiger partial charge is 0.306 e. The molecule has 0 spiro atoms. The van der Waals surface area contributed by atoms with Gasteiger partial charge < -0.3 is 14.2 Å². The molecule has 0 bridgehead atoms. The monoisotopic (exact) mass is 1070 g/mol. The number of hydrogen-bond donors (Lipinski definition) is 0. The van der Waals surface area contributed by atoms with Crippen molar-refractivity contribution in [3.05, 3.63) is 97.2 Å². The van der Waals surface area contributed by atoms with Crippen LogP contribution in [0.4, 0.5) is 0 Å². The fraction of sp³-hybridized carbons (Fsp3) is 0.732. The molecule has 0 aliphatic rings. The number of rotatable bonds is 59. The van der Waals surface area contributed by atoms with Gasteiger partial charge in [0.1, 0.15) is 13.2 Å². The van der Waals surface area contributed by atoms with Crippen LogP contribution in [0.2, 0.25) is 0 Å². The molecule has 0 saturated carbocycles. The molecule has 0 saturated heterocycles. The van der Waals surface area contributed by atoms with Crippen molar-refractivity contribution in [1.29, 1.82) is 0 Å². The molecule has 0 N–H and O–H groups in total. The van der Waals surface area contributed by atoms with E-state index in [9.17, 15) is 14.4 Å². The SMILES string of the molecule is CC/C=C\C/C=C\C/C=C\C/C=C\CCCCCCCCCCCCCCCCC(=O)OCC(COC(=O)CCCCCCCCCCCCCCC)OC(=O)CCCCCCCC/C=C\C/C=C\C/C=C\C/C=C\CC. The second-order valence-electron chi connectivity index (χ2n) is 21.6. The summed E-state index contributed by atoms with van der Waals surface area (Å²) in [5, 5.41) is 0. The molecule has 0 rings (SSSR count). The van der Waals surface area contributed by atoms with Crippen LogP contribution in [0.1, 0.15) is 316 Å². The van der Waals surface area contributed by atoms with E-state index in [1.165, 1.54) is 154 Å². The average Bonchev–Trinajstić information content (AvgIpc) is 3.43. The maximum absolute atomic E-state index is 12.9. The van der Waals surface area contributed by atoms with E-state index in [4.69, 9.17) is 14.2 Å². The molecule has 0 radical (unpaired) electrons. The summed E-state index contributed by atoms with van der Waals surface area (Å²) in [7, 11) is 0. The van der Waals surface area contributed by atoms with Gasteiger partial charge in [-0.2, -0.15) is 0 Å². The fourth-order valence-corrected chi connectivity index (χ4v) is 9.25. The van der Waals surface area contributed by atoms with Crippen molar-refractivity contribution in [1.82, 2.24) is 0 Å². The van der Waals surface area contributed by atoms with Gasteiger partial charge in [-0.05, 0) is 96.3 Å². The van der Waals surface area contributed by atoms with Crippen LogP contribution in [0.3, 0.4) is 0 Å². The van der Waals surface area contributed by atoms with E-state index < -0.39 is 6.10 Å². The minimum atomic E-state index is -0.785. The van der Waals surface area contributed by atoms with Crippen molar-refractivity contribution in [2.45, 2.75) is 322 Å². The second kappa shape index (κ2) is 64.9. The summed E-state index contributed by atoms with van der Waals surface area (Å²) < 4.78 is 16.9. The highest BCUT2D eigenvalue weighted by Crippen LogP contribution is 2.17. The summed E-state index contributed by atoms with van der Waals surface area (Å²) in [5.41, 5.74) is 0. The van der Waals surface area contributed by atoms with Gasteiger partial charge in [-0.3, -0.25) is 14.4 Å². The van der Waals surface area contributed by atoms with Crippen LogP contribution in [-0.4, -0.2) is 37.2 Å². The molecule has 6 nitrogen and oxygen atoms in total. The van der Waals surface area contributed by atoms with Crippen LogP contribution in [0.5, 0.6) is 0 Å². The van der Waals surface area contributed by atoms with Gasteiger partial charge in [-0.1, -0.05) is 298 Å². The summed E-state index contributed by atoms with van der Waals surface area (Å²) in [6.45, 7) is 6.43. The summed E-state index contributed by atoms with van der Waals surface area (Å²) in [5.74, 6) is -0.882. The zero-order chi connectivity index (χ0) is 55.7. The van der Waals surface area contributed by atoms with Crippen molar-refractivity contribution >= 4 is 17.9 Å². The Morgan fingerprint density at radius 3 is 0.792 bits per heavy atom. The Morgan fingerprint density at radius 2 is 0.506 bits per heavy atom. The first kappa shape index (κ1) is 73.3. The van der Waals surface area contributed by atoms with Crippen molar-refractivity contribution in [3.8, 4) is 0 Å². The van der Waals surface area contributed by atoms with E-state index in [-0.39, 0.29) is 31.1 Å². The summed E-state index contributed by atoms with van der Waals surface area (Å²) in [6.07, 6.45) is 87.0. The zero-order valence-electron chi connectivity index (χ0n) is 50.7. The minimum absolute atomic E-state index is 0.0800. The van der Waals surface area contributed by atoms with E-state index in [1.54, 1.807) is 0 Å². The molecule has 442 valence electrons. The van der Waals surface area contributed by atoms with Crippen LogP contribution in [-0.2, 0) is 28.6 Å². The van der Waals surface area contributed by atoms with Gasteiger partial charge in [0.15, 0.2) is 6.10 Å². The zero-order valence-corrected chi connectivity index (χ0v) is 50.7. The Hall–Kier alpha value is -3.67. The predicted molar refractivity (Wildman–Crippen MR) is 334 cm³/mol. The Labute approximate surface area is 477 Å². The van der Waals surface area contributed by atoms with Gasteiger partial charge in [0.05, 0.1) is 0 Å². The molecule has 0 aliphatic heterocycles. The molecular formula is C71H122O6. The van der Waals surface area contributed by atoms with Crippen molar-refractivity contribution in [2.75, 3.05) is 13.2 Å². The number of allylic oxidation sites excluding steroid dienone is 16. The highest BCUT2D eigenvalue weighted by atomic mass is 16.6. The van der Waals surface area contributed by atoms with Gasteiger partial charge in [-0.15, -0.1) is 0 Å². The molecule has 1 unspecified atom stereocenters. The van der Waals surface area contributed by atoms with Crippen molar-refractivity contribution < 1.29 is 28.6 Å². The second-order valence-corrected chi connectivity index (χ2v) is 21.6. The normalized spacial score (nSPS) is 12.7. The molecule has 0 aromatic carbocycles. The van der Waals surface area contributed by atoms with Gasteiger partial charge in [0.25, 0.3) is 0 Å². The number of carbonyl (C=O) groups excluding carboxylic acids is 3. The van der Waals surface area contributed by atoms with Crippen molar-refractivity contribution in [3.63, 3.8) is 0 Å². The van der Waals surface area contributed by atoms with Crippen LogP contribution < -0.4 is 0 Å². The van der Waals surface area contributed by atoms with Crippen molar-refractivity contribution in [2.24, 2.45) is 0 Å². The maximum Gasteiger partial charge on any atom is 0.306 e. The maximum atomic E-state index is 12.9. The Balaban J connectivity index is 4.29. The van der Waals surface area contributed by atoms with E-state index in [1.807, 2.05) is 0 Å². The average molecular weight is 1070 g/mol. The molecule has 77 heavy (non-hydrogen) atoms. The molecular weight excluding hydrogens is 949 g/mol. The van der Waals surface area contributed by atoms with E-state index in [0.717, 1.165) is 122 Å². The summed E-state index contributed by atoms with van der Waals surface area (Å²) in [6, 6.07) is 0. The first-order valence-electron chi connectivity index (χ1n) is 32.7. The number of unbranched alkanes of at least 4 members (excludes halogenated alkanes) is 32. The lowest BCUT2D eigenvalue weighted by Crippen LogP contribution is -2.30. The standard InChI is InChI=1S/C71H122O6/c1-4-7-10-13-16-19-22-25-27-29-31-32-33-34-35-36-37-38-40-41-43-46-49-52-55-58-61-64-70(73)76-67-68(66-75-69(72)63-60-57-54-51-48-45-24-21-18-15-12-9-6-3)77-71(74)65-62-59-56-53-50-47-44-42-39-30-28-26-23-20-17-14-11-8-5-2/h7-8,10-11,16-17,19-20,25-28,31-32,39,42,68H,4-6,9,12-15,18,21-24,29-30,33-38,40-41,43-67H2,1-3H3/b10-7-,11-8-,19-16-,20-17-,27-25-,28-26-,32-31-,42-39-. The molecule has 0 fully saturated rings. The first-order valence-corrected chi connectivity index (χ1v) is 32.7. The molecule has 0 aliphatic carbocycles. The van der Waals surface area contributed by atoms with E-state index in [0.29, 0.717) is 19.3 Å². The topological polar surface area (TPSA) is 78.9 Å². The molecule has 0 amide bonds. The lowest BCUT2D eigenvalue weighted by molar-refractivity contribution is -0.167. The van der Waals surface area contributed by atoms with Crippen LogP contribution in [0.25, 0.3) is 0 Å². The number of carbonyl (C=O) groups is 3. The molecule has 0 aromatic heterocycles. The van der Waals surface area contributed by atoms with E-state index in [2.05, 4.69) is 118 Å². The lowest BCUT2D eigenvalue weighted by Gasteiger charge is -2.18. The van der Waals surface area contributed by atoms with Crippen LogP contribution in [0.15, 0.2) is 97.2 Å². The quantitative estimate of drug-likeness (QED) is 0.0261. The third kappa shape index (κ3) is 63.0. The van der Waals surface area contributed by atoms with Gasteiger partial charge in [0, 0.05) is 19.3 Å². The highest BCUT2D eigenvalue weighted by Gasteiger charge is 2.19. The third-order valence-electron chi connectivity index (χ3n) is 14.1. The minimum Gasteiger partial charge on any atom is -0.462 e. The van der Waals surface area contributed by atoms with E-state index >= 15 is 0 Å². The Kier molecular flexibility index (Phi) is 61.8. The summed E-state index contributed by atoms with van der Waals surface area (Å²) in [4.78, 5) is 38.3. The van der Waals surface area contributed by atoms with Gasteiger partial charge >= 0.3 is 17.9 Å².